The second-order valence-corrected chi connectivity index (χ2v) is 9.85. The van der Waals surface area contributed by atoms with Crippen molar-refractivity contribution in [1.29, 1.82) is 0 Å². The lowest BCUT2D eigenvalue weighted by molar-refractivity contribution is -0.130. The average molecular weight is 503 g/mol. The minimum atomic E-state index is -0.320. The number of carbonyl (C=O) groups excluding carboxylic acids is 2. The highest BCUT2D eigenvalue weighted by Crippen LogP contribution is 2.35. The number of carbonyl (C=O) groups is 2. The largest absolute Gasteiger partial charge is 0.494 e. The summed E-state index contributed by atoms with van der Waals surface area (Å²) in [7, 11) is 1.99. The Morgan fingerprint density at radius 1 is 1.14 bits per heavy atom. The highest BCUT2D eigenvalue weighted by molar-refractivity contribution is 5.84. The van der Waals surface area contributed by atoms with Crippen LogP contribution in [0.1, 0.15) is 29.3 Å². The molecule has 2 aliphatic heterocycles. The van der Waals surface area contributed by atoms with Crippen molar-refractivity contribution in [3.63, 3.8) is 0 Å². The zero-order valence-electron chi connectivity index (χ0n) is 21.3. The lowest BCUT2D eigenvalue weighted by Gasteiger charge is -2.24. The molecule has 2 aromatic heterocycles. The molecule has 194 valence electrons. The van der Waals surface area contributed by atoms with E-state index in [9.17, 15) is 9.59 Å². The molecule has 9 heteroatoms. The Kier molecular flexibility index (Phi) is 7.79. The van der Waals surface area contributed by atoms with Gasteiger partial charge in [0.1, 0.15) is 11.6 Å². The van der Waals surface area contributed by atoms with E-state index in [2.05, 4.69) is 20.2 Å². The number of aryl methyl sites for hydroxylation is 1. The van der Waals surface area contributed by atoms with Crippen LogP contribution in [0.3, 0.4) is 0 Å². The van der Waals surface area contributed by atoms with Gasteiger partial charge in [-0.3, -0.25) is 19.5 Å². The molecule has 37 heavy (non-hydrogen) atoms. The van der Waals surface area contributed by atoms with Crippen molar-refractivity contribution in [2.24, 2.45) is 13.0 Å². The minimum Gasteiger partial charge on any atom is -0.494 e. The Morgan fingerprint density at radius 2 is 2.03 bits per heavy atom. The van der Waals surface area contributed by atoms with Crippen LogP contribution in [0.25, 0.3) is 0 Å². The van der Waals surface area contributed by atoms with E-state index >= 15 is 0 Å². The molecule has 2 bridgehead atoms. The normalized spacial score (nSPS) is 21.0. The number of pyridine rings is 1. The predicted molar refractivity (Wildman–Crippen MR) is 139 cm³/mol. The van der Waals surface area contributed by atoms with Crippen LogP contribution in [-0.4, -0.2) is 75.5 Å². The Balaban J connectivity index is 1.33. The van der Waals surface area contributed by atoms with Crippen LogP contribution in [0.4, 0.5) is 0 Å². The molecule has 0 unspecified atom stereocenters. The van der Waals surface area contributed by atoms with Gasteiger partial charge in [0.15, 0.2) is 0 Å². The molecule has 0 radical (unpaired) electrons. The van der Waals surface area contributed by atoms with Gasteiger partial charge in [0.2, 0.25) is 11.8 Å². The molecule has 0 aliphatic carbocycles. The zero-order valence-corrected chi connectivity index (χ0v) is 21.3. The smallest absolute Gasteiger partial charge is 0.227 e. The molecule has 9 nitrogen and oxygen atoms in total. The summed E-state index contributed by atoms with van der Waals surface area (Å²) in [6.45, 7) is 4.31. The van der Waals surface area contributed by atoms with Crippen molar-refractivity contribution in [3.05, 3.63) is 78.1 Å². The van der Waals surface area contributed by atoms with Gasteiger partial charge in [-0.15, -0.1) is 0 Å². The number of imidazole rings is 1. The molecular formula is C28H34N6O3. The van der Waals surface area contributed by atoms with Crippen molar-refractivity contribution in [2.45, 2.75) is 25.3 Å². The first-order valence-corrected chi connectivity index (χ1v) is 12.9. The molecule has 0 spiro atoms. The van der Waals surface area contributed by atoms with Crippen LogP contribution in [0.5, 0.6) is 5.75 Å². The van der Waals surface area contributed by atoms with E-state index in [1.165, 1.54) is 0 Å². The molecule has 4 heterocycles. The van der Waals surface area contributed by atoms with Crippen molar-refractivity contribution in [3.8, 4) is 5.75 Å². The summed E-state index contributed by atoms with van der Waals surface area (Å²) in [6, 6.07) is 11.7. The minimum absolute atomic E-state index is 0.0120. The molecular weight excluding hydrogens is 468 g/mol. The monoisotopic (exact) mass is 502 g/mol. The van der Waals surface area contributed by atoms with Crippen LogP contribution < -0.4 is 10.1 Å². The molecule has 1 aromatic carbocycles. The Bertz CT molecular complexity index is 1210. The first-order valence-electron chi connectivity index (χ1n) is 12.9. The molecule has 2 aliphatic rings. The number of benzene rings is 1. The first kappa shape index (κ1) is 25.0. The molecule has 5 rings (SSSR count). The molecule has 1 N–H and O–H groups in total. The highest BCUT2D eigenvalue weighted by atomic mass is 16.5. The topological polar surface area (TPSA) is 92.6 Å². The highest BCUT2D eigenvalue weighted by Gasteiger charge is 2.40. The average Bonchev–Trinajstić information content (AvgIpc) is 3.53. The zero-order chi connectivity index (χ0) is 25.6. The quantitative estimate of drug-likeness (QED) is 0.587. The van der Waals surface area contributed by atoms with E-state index in [4.69, 9.17) is 4.74 Å². The predicted octanol–water partition coefficient (Wildman–Crippen LogP) is 2.00. The lowest BCUT2D eigenvalue weighted by atomic mass is 9.88. The molecule has 3 aromatic rings. The maximum Gasteiger partial charge on any atom is 0.227 e. The third-order valence-corrected chi connectivity index (χ3v) is 7.27. The Hall–Kier alpha value is -3.72. The van der Waals surface area contributed by atoms with Gasteiger partial charge in [-0.2, -0.15) is 0 Å². The number of fused-ring (bicyclic) bond motifs is 4. The van der Waals surface area contributed by atoms with E-state index < -0.39 is 0 Å². The number of hydrogen-bond donors (Lipinski definition) is 1. The summed E-state index contributed by atoms with van der Waals surface area (Å²) in [6.07, 6.45) is 8.31. The van der Waals surface area contributed by atoms with Crippen molar-refractivity contribution in [2.75, 3.05) is 39.3 Å². The third kappa shape index (κ3) is 6.17. The van der Waals surface area contributed by atoms with E-state index in [0.29, 0.717) is 39.3 Å². The fourth-order valence-electron chi connectivity index (χ4n) is 5.20. The van der Waals surface area contributed by atoms with E-state index in [1.54, 1.807) is 18.6 Å². The molecule has 2 atom stereocenters. The van der Waals surface area contributed by atoms with Gasteiger partial charge in [0.25, 0.3) is 0 Å². The number of nitrogens with one attached hydrogen (secondary N) is 1. The number of aromatic nitrogens is 3. The number of likely N-dealkylation sites (tertiary alicyclic amines) is 1. The van der Waals surface area contributed by atoms with Gasteiger partial charge in [-0.1, -0.05) is 18.2 Å². The van der Waals surface area contributed by atoms with Gasteiger partial charge in [-0.05, 0) is 35.7 Å². The van der Waals surface area contributed by atoms with Crippen LogP contribution in [0, 0.1) is 5.92 Å². The summed E-state index contributed by atoms with van der Waals surface area (Å²) < 4.78 is 8.11. The van der Waals surface area contributed by atoms with Gasteiger partial charge in [0.05, 0.1) is 25.5 Å². The maximum absolute atomic E-state index is 13.4. The second-order valence-electron chi connectivity index (χ2n) is 9.85. The van der Waals surface area contributed by atoms with E-state index in [1.807, 2.05) is 59.1 Å². The van der Waals surface area contributed by atoms with Crippen LogP contribution in [-0.2, 0) is 29.6 Å². The van der Waals surface area contributed by atoms with E-state index in [0.717, 1.165) is 35.7 Å². The number of hydrogen-bond acceptors (Lipinski definition) is 6. The van der Waals surface area contributed by atoms with Crippen LogP contribution in [0.2, 0.25) is 0 Å². The summed E-state index contributed by atoms with van der Waals surface area (Å²) >= 11 is 0. The summed E-state index contributed by atoms with van der Waals surface area (Å²) in [4.78, 5) is 39.3. The van der Waals surface area contributed by atoms with E-state index in [-0.39, 0.29) is 30.1 Å². The number of ether oxygens (including phenoxy) is 1. The number of nitrogens with zero attached hydrogens (tertiary/aromatic N) is 5. The van der Waals surface area contributed by atoms with Crippen molar-refractivity contribution >= 4 is 11.8 Å². The van der Waals surface area contributed by atoms with Gasteiger partial charge in [0, 0.05) is 70.5 Å². The lowest BCUT2D eigenvalue weighted by Crippen LogP contribution is -2.40. The number of rotatable bonds is 4. The SMILES string of the molecule is Cn1ccnc1CN1CCCOc2cccc(c2)[C@H]2CN(C(=O)Cc3cccnc3)C[C@@H]2C(=O)NCC1. The summed E-state index contributed by atoms with van der Waals surface area (Å²) in [5.74, 6) is 1.37. The second kappa shape index (κ2) is 11.6. The fourth-order valence-corrected chi connectivity index (χ4v) is 5.20. The van der Waals surface area contributed by atoms with Crippen molar-refractivity contribution < 1.29 is 14.3 Å². The van der Waals surface area contributed by atoms with Crippen LogP contribution in [0.15, 0.2) is 61.2 Å². The summed E-state index contributed by atoms with van der Waals surface area (Å²) in [5.41, 5.74) is 1.90. The standard InChI is InChI=1S/C28H34N6O3/c1-32-12-9-30-26(32)20-33-11-4-14-37-23-7-2-6-22(16-23)24-18-34(19-25(24)28(36)31-10-13-33)27(35)15-21-5-3-8-29-17-21/h2-3,5-9,12,16-17,24-25H,4,10-11,13-15,18-20H2,1H3,(H,31,36)/t24-,25+/m1/s1. The molecule has 0 saturated carbocycles. The van der Waals surface area contributed by atoms with Gasteiger partial charge < -0.3 is 19.5 Å². The molecule has 2 amide bonds. The fraction of sp³-hybridized carbons (Fsp3) is 0.429. The molecule has 1 saturated heterocycles. The van der Waals surface area contributed by atoms with Gasteiger partial charge >= 0.3 is 0 Å². The Morgan fingerprint density at radius 3 is 2.84 bits per heavy atom. The summed E-state index contributed by atoms with van der Waals surface area (Å²) in [5, 5.41) is 3.16. The first-order chi connectivity index (χ1) is 18.1. The molecule has 1 fully saturated rings. The van der Waals surface area contributed by atoms with Crippen molar-refractivity contribution in [1.82, 2.24) is 29.7 Å². The van der Waals surface area contributed by atoms with Crippen LogP contribution >= 0.6 is 0 Å². The van der Waals surface area contributed by atoms with Gasteiger partial charge in [-0.25, -0.2) is 4.98 Å². The Labute approximate surface area is 217 Å². The maximum atomic E-state index is 13.4. The number of amides is 2. The third-order valence-electron chi connectivity index (χ3n) is 7.27.